The van der Waals surface area contributed by atoms with Crippen molar-refractivity contribution in [2.45, 2.75) is 44.6 Å². The number of carbonyl (C=O) groups excluding carboxylic acids is 1. The number of aliphatic hydroxyl groups is 3. The molecule has 2 heterocycles. The molecule has 5 atom stereocenters. The summed E-state index contributed by atoms with van der Waals surface area (Å²) in [5.41, 5.74) is -1.39. The molecule has 1 aliphatic rings. The predicted octanol–water partition coefficient (Wildman–Crippen LogP) is 0.677. The maximum Gasteiger partial charge on any atom is 0.308 e. The van der Waals surface area contributed by atoms with Gasteiger partial charge >= 0.3 is 5.97 Å². The van der Waals surface area contributed by atoms with Crippen LogP contribution in [-0.2, 0) is 14.3 Å². The highest BCUT2D eigenvalue weighted by molar-refractivity contribution is 5.91. The Labute approximate surface area is 225 Å². The fraction of sp³-hybridized carbons (Fsp3) is 0.385. The van der Waals surface area contributed by atoms with Crippen LogP contribution in [0.5, 0.6) is 34.5 Å². The molecule has 1 aliphatic heterocycles. The molecule has 2 aromatic carbocycles. The van der Waals surface area contributed by atoms with Gasteiger partial charge in [-0.1, -0.05) is 13.8 Å². The minimum absolute atomic E-state index is 0.00603. The zero-order chi connectivity index (χ0) is 29.5. The number of ether oxygens (including phenoxy) is 4. The van der Waals surface area contributed by atoms with Crippen molar-refractivity contribution in [3.8, 4) is 45.8 Å². The first-order valence-corrected chi connectivity index (χ1v) is 12.0. The van der Waals surface area contributed by atoms with Gasteiger partial charge in [-0.05, 0) is 18.2 Å². The summed E-state index contributed by atoms with van der Waals surface area (Å²) in [7, 11) is 1.13. The SMILES string of the molecule is COc1c(OC2OC(COC(=O)C(C)C)C(O)C(O)C2O)cc2oc(-c3ccc(O)c(O)c3)c(O)c(=O)c2c1O. The van der Waals surface area contributed by atoms with Crippen LogP contribution in [0.3, 0.4) is 0 Å². The molecule has 4 rings (SSSR count). The Morgan fingerprint density at radius 1 is 0.975 bits per heavy atom. The molecule has 0 amide bonds. The van der Waals surface area contributed by atoms with Crippen LogP contribution < -0.4 is 14.9 Å². The molecule has 1 aromatic heterocycles. The van der Waals surface area contributed by atoms with E-state index in [0.717, 1.165) is 25.3 Å². The molecule has 40 heavy (non-hydrogen) atoms. The molecule has 1 saturated heterocycles. The normalized spacial score (nSPS) is 22.8. The number of esters is 1. The molecule has 0 aliphatic carbocycles. The third-order valence-corrected chi connectivity index (χ3v) is 6.27. The van der Waals surface area contributed by atoms with E-state index < -0.39 is 94.5 Å². The number of methoxy groups -OCH3 is 1. The van der Waals surface area contributed by atoms with E-state index >= 15 is 0 Å². The third-order valence-electron chi connectivity index (χ3n) is 6.27. The summed E-state index contributed by atoms with van der Waals surface area (Å²) in [6, 6.07) is 4.47. The lowest BCUT2D eigenvalue weighted by molar-refractivity contribution is -0.278. The Morgan fingerprint density at radius 2 is 1.68 bits per heavy atom. The summed E-state index contributed by atoms with van der Waals surface area (Å²) >= 11 is 0. The van der Waals surface area contributed by atoms with Crippen molar-refractivity contribution in [3.05, 3.63) is 34.5 Å². The number of hydrogen-bond acceptors (Lipinski definition) is 14. The maximum absolute atomic E-state index is 13.0. The van der Waals surface area contributed by atoms with Gasteiger partial charge in [0.25, 0.3) is 0 Å². The molecule has 7 N–H and O–H groups in total. The number of rotatable bonds is 7. The first-order chi connectivity index (χ1) is 18.8. The van der Waals surface area contributed by atoms with Crippen LogP contribution in [-0.4, -0.2) is 86.1 Å². The lowest BCUT2D eigenvalue weighted by Gasteiger charge is -2.40. The standard InChI is InChI=1S/C26H28O14/c1-9(2)25(35)37-8-15-17(29)20(32)22(34)26(40-15)39-14-7-13-16(19(31)24(14)36-3)18(30)21(33)23(38-13)10-4-5-11(27)12(28)6-10/h4-7,9,15,17,20,22,26-29,31-34H,8H2,1-3H3. The molecule has 0 bridgehead atoms. The monoisotopic (exact) mass is 564 g/mol. The Balaban J connectivity index is 1.74. The molecule has 14 nitrogen and oxygen atoms in total. The number of hydrogen-bond donors (Lipinski definition) is 7. The highest BCUT2D eigenvalue weighted by atomic mass is 16.7. The quantitative estimate of drug-likeness (QED) is 0.155. The van der Waals surface area contributed by atoms with Crippen molar-refractivity contribution in [3.63, 3.8) is 0 Å². The molecular weight excluding hydrogens is 536 g/mol. The molecule has 5 unspecified atom stereocenters. The van der Waals surface area contributed by atoms with Crippen LogP contribution in [0, 0.1) is 5.92 Å². The van der Waals surface area contributed by atoms with E-state index in [-0.39, 0.29) is 16.9 Å². The number of aromatic hydroxyl groups is 4. The van der Waals surface area contributed by atoms with E-state index in [2.05, 4.69) is 0 Å². The maximum atomic E-state index is 13.0. The average molecular weight is 564 g/mol. The van der Waals surface area contributed by atoms with Crippen LogP contribution in [0.1, 0.15) is 13.8 Å². The summed E-state index contributed by atoms with van der Waals surface area (Å²) < 4.78 is 27.1. The zero-order valence-electron chi connectivity index (χ0n) is 21.5. The van der Waals surface area contributed by atoms with Gasteiger partial charge in [-0.3, -0.25) is 9.59 Å². The number of fused-ring (bicyclic) bond motifs is 1. The van der Waals surface area contributed by atoms with Crippen molar-refractivity contribution >= 4 is 16.9 Å². The summed E-state index contributed by atoms with van der Waals surface area (Å²) in [6.07, 6.45) is -8.26. The minimum atomic E-state index is -1.82. The summed E-state index contributed by atoms with van der Waals surface area (Å²) in [6.45, 7) is 2.72. The summed E-state index contributed by atoms with van der Waals surface area (Å²) in [4.78, 5) is 24.8. The van der Waals surface area contributed by atoms with E-state index in [4.69, 9.17) is 23.4 Å². The lowest BCUT2D eigenvalue weighted by atomic mass is 9.99. The fourth-order valence-electron chi connectivity index (χ4n) is 4.04. The van der Waals surface area contributed by atoms with E-state index in [0.29, 0.717) is 0 Å². The molecule has 1 fully saturated rings. The lowest BCUT2D eigenvalue weighted by Crippen LogP contribution is -2.60. The van der Waals surface area contributed by atoms with Crippen molar-refractivity contribution in [1.82, 2.24) is 0 Å². The topological polar surface area (TPSA) is 226 Å². The number of phenols is 3. The largest absolute Gasteiger partial charge is 0.504 e. The molecular formula is C26H28O14. The van der Waals surface area contributed by atoms with Gasteiger partial charge in [0.1, 0.15) is 42.0 Å². The molecule has 0 saturated carbocycles. The summed E-state index contributed by atoms with van der Waals surface area (Å²) in [5, 5.41) is 71.4. The number of benzene rings is 2. The van der Waals surface area contributed by atoms with Gasteiger partial charge in [-0.2, -0.15) is 0 Å². The van der Waals surface area contributed by atoms with Crippen LogP contribution in [0.25, 0.3) is 22.3 Å². The Bertz CT molecular complexity index is 1480. The van der Waals surface area contributed by atoms with Gasteiger partial charge in [0.05, 0.1) is 13.0 Å². The predicted molar refractivity (Wildman–Crippen MR) is 134 cm³/mol. The van der Waals surface area contributed by atoms with Gasteiger partial charge in [0.2, 0.25) is 23.2 Å². The second kappa shape index (κ2) is 11.1. The average Bonchev–Trinajstić information content (AvgIpc) is 2.91. The molecule has 3 aromatic rings. The Morgan fingerprint density at radius 3 is 2.30 bits per heavy atom. The molecule has 0 spiro atoms. The van der Waals surface area contributed by atoms with Crippen molar-refractivity contribution in [1.29, 1.82) is 0 Å². The van der Waals surface area contributed by atoms with Crippen molar-refractivity contribution in [2.24, 2.45) is 5.92 Å². The fourth-order valence-corrected chi connectivity index (χ4v) is 4.04. The van der Waals surface area contributed by atoms with E-state index in [1.807, 2.05) is 0 Å². The van der Waals surface area contributed by atoms with Crippen LogP contribution >= 0.6 is 0 Å². The molecule has 14 heteroatoms. The molecule has 0 radical (unpaired) electrons. The third kappa shape index (κ3) is 5.16. The van der Waals surface area contributed by atoms with Crippen LogP contribution in [0.15, 0.2) is 33.5 Å². The van der Waals surface area contributed by atoms with Gasteiger partial charge in [0, 0.05) is 11.6 Å². The van der Waals surface area contributed by atoms with Gasteiger partial charge in [-0.15, -0.1) is 0 Å². The van der Waals surface area contributed by atoms with Crippen molar-refractivity contribution < 1.29 is 63.9 Å². The highest BCUT2D eigenvalue weighted by Gasteiger charge is 2.46. The van der Waals surface area contributed by atoms with Crippen LogP contribution in [0.2, 0.25) is 0 Å². The van der Waals surface area contributed by atoms with Gasteiger partial charge in [-0.25, -0.2) is 0 Å². The summed E-state index contributed by atoms with van der Waals surface area (Å²) in [5.74, 6) is -4.97. The van der Waals surface area contributed by atoms with Crippen molar-refractivity contribution in [2.75, 3.05) is 13.7 Å². The van der Waals surface area contributed by atoms with Crippen LogP contribution in [0.4, 0.5) is 0 Å². The Kier molecular flexibility index (Phi) is 7.98. The second-order valence-electron chi connectivity index (χ2n) is 9.36. The first-order valence-electron chi connectivity index (χ1n) is 12.0. The highest BCUT2D eigenvalue weighted by Crippen LogP contribution is 2.45. The number of phenolic OH excluding ortho intramolecular Hbond substituents is 3. The van der Waals surface area contributed by atoms with Gasteiger partial charge < -0.3 is 59.1 Å². The number of carbonyl (C=O) groups is 1. The van der Waals surface area contributed by atoms with E-state index in [1.165, 1.54) is 6.07 Å². The smallest absolute Gasteiger partial charge is 0.308 e. The Hall–Kier alpha value is -4.24. The second-order valence-corrected chi connectivity index (χ2v) is 9.36. The number of aliphatic hydroxyl groups excluding tert-OH is 3. The van der Waals surface area contributed by atoms with E-state index in [9.17, 15) is 45.3 Å². The minimum Gasteiger partial charge on any atom is -0.504 e. The van der Waals surface area contributed by atoms with E-state index in [1.54, 1.807) is 13.8 Å². The van der Waals surface area contributed by atoms with Gasteiger partial charge in [0.15, 0.2) is 28.8 Å². The first kappa shape index (κ1) is 28.8. The zero-order valence-corrected chi connectivity index (χ0v) is 21.5. The molecule has 216 valence electrons.